The van der Waals surface area contributed by atoms with E-state index in [0.717, 1.165) is 15.7 Å². The summed E-state index contributed by atoms with van der Waals surface area (Å²) in [6.07, 6.45) is -3.45. The molecule has 2 heterocycles. The first-order valence-corrected chi connectivity index (χ1v) is 10.0. The van der Waals surface area contributed by atoms with Crippen LogP contribution in [-0.4, -0.2) is 20.3 Å². The van der Waals surface area contributed by atoms with Gasteiger partial charge in [-0.05, 0) is 37.0 Å². The maximum absolute atomic E-state index is 13.5. The summed E-state index contributed by atoms with van der Waals surface area (Å²) in [4.78, 5) is 24.9. The van der Waals surface area contributed by atoms with Crippen LogP contribution in [0.15, 0.2) is 35.3 Å². The number of aryl methyl sites for hydroxylation is 2. The molecule has 0 bridgehead atoms. The second-order valence-corrected chi connectivity index (χ2v) is 8.07. The van der Waals surface area contributed by atoms with Crippen molar-refractivity contribution in [1.29, 1.82) is 0 Å². The molecule has 3 rings (SSSR count). The Labute approximate surface area is 177 Å². The first-order chi connectivity index (χ1) is 14.5. The zero-order chi connectivity index (χ0) is 22.9. The predicted molar refractivity (Wildman–Crippen MR) is 113 cm³/mol. The fourth-order valence-corrected chi connectivity index (χ4v) is 3.41. The number of carbonyl (C=O) groups is 1. The lowest BCUT2D eigenvalue weighted by Gasteiger charge is -2.13. The average Bonchev–Trinajstić information content (AvgIpc) is 3.05. The Balaban J connectivity index is 1.91. The quantitative estimate of drug-likeness (QED) is 0.620. The van der Waals surface area contributed by atoms with E-state index < -0.39 is 17.3 Å². The van der Waals surface area contributed by atoms with Gasteiger partial charge in [-0.2, -0.15) is 18.3 Å². The maximum atomic E-state index is 13.5. The van der Waals surface area contributed by atoms with Crippen molar-refractivity contribution in [2.45, 2.75) is 53.4 Å². The largest absolute Gasteiger partial charge is 0.417 e. The molecule has 0 atom stereocenters. The Morgan fingerprint density at radius 3 is 2.58 bits per heavy atom. The molecule has 0 aliphatic rings. The molecule has 0 saturated carbocycles. The van der Waals surface area contributed by atoms with Crippen molar-refractivity contribution in [3.63, 3.8) is 0 Å². The van der Waals surface area contributed by atoms with E-state index in [1.54, 1.807) is 6.07 Å². The van der Waals surface area contributed by atoms with Gasteiger partial charge in [-0.25, -0.2) is 0 Å². The third-order valence-corrected chi connectivity index (χ3v) is 5.12. The smallest absolute Gasteiger partial charge is 0.326 e. The molecular formula is C22H25F3N4O2. The van der Waals surface area contributed by atoms with Gasteiger partial charge in [0.2, 0.25) is 5.91 Å². The number of halogens is 3. The van der Waals surface area contributed by atoms with Gasteiger partial charge in [0.15, 0.2) is 5.65 Å². The van der Waals surface area contributed by atoms with Gasteiger partial charge in [-0.3, -0.25) is 18.8 Å². The number of carbonyl (C=O) groups excluding carboxylic acids is 1. The van der Waals surface area contributed by atoms with Crippen molar-refractivity contribution < 1.29 is 18.0 Å². The lowest BCUT2D eigenvalue weighted by molar-refractivity contribution is -0.136. The topological polar surface area (TPSA) is 68.9 Å². The molecule has 0 saturated heterocycles. The highest BCUT2D eigenvalue weighted by Crippen LogP contribution is 2.33. The number of nitrogens with zero attached hydrogens (tertiary/aromatic N) is 3. The number of rotatable bonds is 6. The van der Waals surface area contributed by atoms with E-state index in [0.29, 0.717) is 18.3 Å². The van der Waals surface area contributed by atoms with Crippen LogP contribution in [0.3, 0.4) is 0 Å². The Hall–Kier alpha value is -3.10. The van der Waals surface area contributed by atoms with Gasteiger partial charge in [-0.15, -0.1) is 0 Å². The van der Waals surface area contributed by atoms with Gasteiger partial charge >= 0.3 is 6.18 Å². The fourth-order valence-electron chi connectivity index (χ4n) is 3.41. The van der Waals surface area contributed by atoms with E-state index in [9.17, 15) is 22.8 Å². The summed E-state index contributed by atoms with van der Waals surface area (Å²) < 4.78 is 43.0. The molecule has 0 unspecified atom stereocenters. The number of pyridine rings is 1. The first-order valence-electron chi connectivity index (χ1n) is 10.0. The van der Waals surface area contributed by atoms with Crippen LogP contribution < -0.4 is 10.9 Å². The summed E-state index contributed by atoms with van der Waals surface area (Å²) in [5.74, 6) is -0.178. The number of nitrogens with one attached hydrogen (secondary N) is 1. The summed E-state index contributed by atoms with van der Waals surface area (Å²) >= 11 is 0. The minimum absolute atomic E-state index is 0.0694. The standard InChI is InChI=1S/C22H25F3N4O2/c1-13(2)11-28-12-16-17(22(23,24)25)10-20(31)29(21(16)27-28)9-8-19(30)26-18-7-5-6-14(3)15(18)4/h5-7,10,12-13H,8-9,11H2,1-4H3,(H,26,30). The van der Waals surface area contributed by atoms with Gasteiger partial charge in [0, 0.05) is 42.8 Å². The lowest BCUT2D eigenvalue weighted by atomic mass is 10.1. The molecule has 1 amide bonds. The number of alkyl halides is 3. The zero-order valence-corrected chi connectivity index (χ0v) is 17.9. The number of benzene rings is 1. The number of amides is 1. The van der Waals surface area contributed by atoms with E-state index >= 15 is 0 Å². The molecule has 3 aromatic rings. The van der Waals surface area contributed by atoms with Gasteiger partial charge < -0.3 is 5.32 Å². The molecule has 0 radical (unpaired) electrons. The summed E-state index contributed by atoms with van der Waals surface area (Å²) in [5, 5.41) is 6.87. The van der Waals surface area contributed by atoms with Gasteiger partial charge in [-0.1, -0.05) is 26.0 Å². The normalized spacial score (nSPS) is 12.0. The van der Waals surface area contributed by atoms with Crippen LogP contribution in [0.5, 0.6) is 0 Å². The molecule has 31 heavy (non-hydrogen) atoms. The van der Waals surface area contributed by atoms with Crippen molar-refractivity contribution in [3.05, 3.63) is 57.5 Å². The molecule has 1 aromatic carbocycles. The van der Waals surface area contributed by atoms with E-state index in [1.165, 1.54) is 10.9 Å². The third kappa shape index (κ3) is 4.98. The van der Waals surface area contributed by atoms with Crippen molar-refractivity contribution in [3.8, 4) is 0 Å². The van der Waals surface area contributed by atoms with Crippen LogP contribution in [0.4, 0.5) is 18.9 Å². The molecule has 9 heteroatoms. The van der Waals surface area contributed by atoms with Crippen molar-refractivity contribution in [2.75, 3.05) is 5.32 Å². The van der Waals surface area contributed by atoms with Gasteiger partial charge in [0.25, 0.3) is 5.56 Å². The second-order valence-electron chi connectivity index (χ2n) is 8.07. The molecule has 0 aliphatic carbocycles. The molecule has 0 fully saturated rings. The maximum Gasteiger partial charge on any atom is 0.417 e. The van der Waals surface area contributed by atoms with E-state index in [1.807, 2.05) is 39.8 Å². The monoisotopic (exact) mass is 434 g/mol. The van der Waals surface area contributed by atoms with E-state index in [2.05, 4.69) is 10.4 Å². The van der Waals surface area contributed by atoms with Crippen LogP contribution in [0.25, 0.3) is 11.0 Å². The third-order valence-electron chi connectivity index (χ3n) is 5.12. The summed E-state index contributed by atoms with van der Waals surface area (Å²) in [5.41, 5.74) is 0.690. The van der Waals surface area contributed by atoms with Crippen LogP contribution in [-0.2, 0) is 24.1 Å². The van der Waals surface area contributed by atoms with Crippen LogP contribution in [0, 0.1) is 19.8 Å². The SMILES string of the molecule is Cc1cccc(NC(=O)CCn2c(=O)cc(C(F)(F)F)c3cn(CC(C)C)nc32)c1C. The molecule has 0 spiro atoms. The fraction of sp³-hybridized carbons (Fsp3) is 0.409. The van der Waals surface area contributed by atoms with E-state index in [-0.39, 0.29) is 35.8 Å². The highest BCUT2D eigenvalue weighted by molar-refractivity contribution is 5.91. The Bertz CT molecular complexity index is 1180. The Morgan fingerprint density at radius 1 is 1.23 bits per heavy atom. The Morgan fingerprint density at radius 2 is 1.94 bits per heavy atom. The van der Waals surface area contributed by atoms with Crippen molar-refractivity contribution in [2.24, 2.45) is 5.92 Å². The van der Waals surface area contributed by atoms with Crippen molar-refractivity contribution in [1.82, 2.24) is 14.3 Å². The average molecular weight is 434 g/mol. The minimum atomic E-state index is -4.68. The van der Waals surface area contributed by atoms with Crippen LogP contribution in [0.2, 0.25) is 0 Å². The molecule has 166 valence electrons. The number of aromatic nitrogens is 3. The van der Waals surface area contributed by atoms with Crippen LogP contribution >= 0.6 is 0 Å². The van der Waals surface area contributed by atoms with Gasteiger partial charge in [0.1, 0.15) is 0 Å². The number of anilines is 1. The highest BCUT2D eigenvalue weighted by atomic mass is 19.4. The highest BCUT2D eigenvalue weighted by Gasteiger charge is 2.35. The molecule has 0 aliphatic heterocycles. The molecule has 1 N–H and O–H groups in total. The lowest BCUT2D eigenvalue weighted by Crippen LogP contribution is -2.25. The minimum Gasteiger partial charge on any atom is -0.326 e. The van der Waals surface area contributed by atoms with Gasteiger partial charge in [0.05, 0.1) is 5.56 Å². The summed E-state index contributed by atoms with van der Waals surface area (Å²) in [6, 6.07) is 6.10. The molecular weight excluding hydrogens is 409 g/mol. The molecule has 6 nitrogen and oxygen atoms in total. The number of hydrogen-bond donors (Lipinski definition) is 1. The summed E-state index contributed by atoms with van der Waals surface area (Å²) in [6.45, 7) is 7.98. The first kappa shape index (κ1) is 22.6. The van der Waals surface area contributed by atoms with Crippen molar-refractivity contribution >= 4 is 22.6 Å². The number of hydrogen-bond acceptors (Lipinski definition) is 3. The van der Waals surface area contributed by atoms with Crippen LogP contribution in [0.1, 0.15) is 37.0 Å². The Kier molecular flexibility index (Phi) is 6.24. The molecule has 2 aromatic heterocycles. The summed E-state index contributed by atoms with van der Waals surface area (Å²) in [7, 11) is 0. The van der Waals surface area contributed by atoms with E-state index in [4.69, 9.17) is 0 Å². The second kappa shape index (κ2) is 8.56. The zero-order valence-electron chi connectivity index (χ0n) is 17.9. The number of fused-ring (bicyclic) bond motifs is 1. The predicted octanol–water partition coefficient (Wildman–Crippen LogP) is 4.52.